The van der Waals surface area contributed by atoms with Gasteiger partial charge in [-0.05, 0) is 13.3 Å². The molecule has 0 aliphatic carbocycles. The average Bonchev–Trinajstić information content (AvgIpc) is 2.34. The largest absolute Gasteiger partial charge is 0.300 e. The maximum atomic E-state index is 11.0. The molecule has 0 unspecified atom stereocenters. The highest BCUT2D eigenvalue weighted by Crippen LogP contribution is 2.05. The molecule has 1 aliphatic rings. The van der Waals surface area contributed by atoms with Crippen molar-refractivity contribution in [1.82, 2.24) is 4.90 Å². The zero-order chi connectivity index (χ0) is 9.84. The van der Waals surface area contributed by atoms with Crippen LogP contribution in [0.1, 0.15) is 19.8 Å². The smallest absolute Gasteiger partial charge is 0.253 e. The second-order valence-electron chi connectivity index (χ2n) is 2.97. The molecule has 0 aromatic heterocycles. The molecule has 0 saturated heterocycles. The number of amides is 2. The molecule has 0 atom stereocenters. The minimum absolute atomic E-state index is 0.0760. The predicted molar refractivity (Wildman–Crippen MR) is 45.8 cm³/mol. The predicted octanol–water partition coefficient (Wildman–Crippen LogP) is 0.281. The lowest BCUT2D eigenvalue weighted by molar-refractivity contribution is -0.137. The number of Topliss-reactive ketones (excluding diaryl/α,β-unsaturated/α-hetero) is 1. The summed E-state index contributed by atoms with van der Waals surface area (Å²) in [6, 6.07) is 0. The van der Waals surface area contributed by atoms with Crippen molar-refractivity contribution in [1.29, 1.82) is 0 Å². The number of imide groups is 1. The summed E-state index contributed by atoms with van der Waals surface area (Å²) in [6.07, 6.45) is 3.46. The molecule has 1 aliphatic heterocycles. The highest BCUT2D eigenvalue weighted by molar-refractivity contribution is 6.12. The second-order valence-corrected chi connectivity index (χ2v) is 2.97. The third-order valence-electron chi connectivity index (χ3n) is 1.81. The van der Waals surface area contributed by atoms with Gasteiger partial charge in [0.1, 0.15) is 5.78 Å². The molecule has 0 radical (unpaired) electrons. The summed E-state index contributed by atoms with van der Waals surface area (Å²) < 4.78 is 0. The van der Waals surface area contributed by atoms with Crippen LogP contribution in [-0.4, -0.2) is 29.0 Å². The van der Waals surface area contributed by atoms with Crippen molar-refractivity contribution in [2.45, 2.75) is 19.8 Å². The summed E-state index contributed by atoms with van der Waals surface area (Å²) in [5.74, 6) is -0.492. The highest BCUT2D eigenvalue weighted by Gasteiger charge is 2.22. The molecule has 0 aromatic carbocycles. The van der Waals surface area contributed by atoms with Gasteiger partial charge in [-0.3, -0.25) is 14.5 Å². The van der Waals surface area contributed by atoms with Gasteiger partial charge in [0.15, 0.2) is 0 Å². The van der Waals surface area contributed by atoms with Gasteiger partial charge in [-0.2, -0.15) is 0 Å². The van der Waals surface area contributed by atoms with Crippen LogP contribution in [0.15, 0.2) is 12.2 Å². The van der Waals surface area contributed by atoms with Crippen LogP contribution in [-0.2, 0) is 14.4 Å². The Bertz CT molecular complexity index is 263. The third kappa shape index (κ3) is 2.50. The topological polar surface area (TPSA) is 54.5 Å². The molecule has 4 nitrogen and oxygen atoms in total. The van der Waals surface area contributed by atoms with Gasteiger partial charge in [-0.25, -0.2) is 0 Å². The summed E-state index contributed by atoms with van der Waals surface area (Å²) in [7, 11) is 0. The molecular weight excluding hydrogens is 170 g/mol. The first-order valence-corrected chi connectivity index (χ1v) is 4.14. The van der Waals surface area contributed by atoms with Crippen molar-refractivity contribution in [2.75, 3.05) is 6.54 Å². The van der Waals surface area contributed by atoms with Crippen molar-refractivity contribution in [3.63, 3.8) is 0 Å². The number of rotatable bonds is 4. The maximum absolute atomic E-state index is 11.0. The van der Waals surface area contributed by atoms with Gasteiger partial charge >= 0.3 is 0 Å². The Kier molecular flexibility index (Phi) is 2.95. The fourth-order valence-electron chi connectivity index (χ4n) is 1.14. The molecule has 0 fully saturated rings. The van der Waals surface area contributed by atoms with Crippen LogP contribution in [0.25, 0.3) is 0 Å². The van der Waals surface area contributed by atoms with Gasteiger partial charge in [0, 0.05) is 25.1 Å². The Morgan fingerprint density at radius 1 is 1.31 bits per heavy atom. The molecule has 0 N–H and O–H groups in total. The van der Waals surface area contributed by atoms with Gasteiger partial charge in [-0.1, -0.05) is 0 Å². The monoisotopic (exact) mass is 181 g/mol. The molecule has 1 heterocycles. The molecular formula is C9H11NO3. The van der Waals surface area contributed by atoms with Crippen molar-refractivity contribution < 1.29 is 14.4 Å². The number of hydrogen-bond donors (Lipinski definition) is 0. The normalized spacial score (nSPS) is 15.6. The maximum Gasteiger partial charge on any atom is 0.253 e. The zero-order valence-corrected chi connectivity index (χ0v) is 7.45. The van der Waals surface area contributed by atoms with Crippen LogP contribution < -0.4 is 0 Å². The van der Waals surface area contributed by atoms with Gasteiger partial charge in [-0.15, -0.1) is 0 Å². The van der Waals surface area contributed by atoms with E-state index in [2.05, 4.69) is 0 Å². The highest BCUT2D eigenvalue weighted by atomic mass is 16.2. The van der Waals surface area contributed by atoms with Crippen molar-refractivity contribution in [2.24, 2.45) is 0 Å². The lowest BCUT2D eigenvalue weighted by Gasteiger charge is -2.12. The van der Waals surface area contributed by atoms with Crippen LogP contribution in [0, 0.1) is 0 Å². The van der Waals surface area contributed by atoms with Gasteiger partial charge < -0.3 is 4.79 Å². The van der Waals surface area contributed by atoms with Gasteiger partial charge in [0.25, 0.3) is 11.8 Å². The zero-order valence-electron chi connectivity index (χ0n) is 7.45. The lowest BCUT2D eigenvalue weighted by atomic mass is 10.2. The van der Waals surface area contributed by atoms with E-state index in [0.29, 0.717) is 19.4 Å². The number of ketones is 1. The molecule has 0 saturated carbocycles. The fourth-order valence-corrected chi connectivity index (χ4v) is 1.14. The Labute approximate surface area is 76.2 Å². The minimum atomic E-state index is -0.284. The Morgan fingerprint density at radius 2 is 1.85 bits per heavy atom. The van der Waals surface area contributed by atoms with Crippen molar-refractivity contribution in [3.05, 3.63) is 12.2 Å². The van der Waals surface area contributed by atoms with Crippen LogP contribution in [0.3, 0.4) is 0 Å². The fraction of sp³-hybridized carbons (Fsp3) is 0.444. The van der Waals surface area contributed by atoms with Gasteiger partial charge in [0.2, 0.25) is 0 Å². The second kappa shape index (κ2) is 3.98. The Balaban J connectivity index is 2.34. The van der Waals surface area contributed by atoms with Crippen molar-refractivity contribution >= 4 is 17.6 Å². The molecule has 70 valence electrons. The molecule has 2 amide bonds. The van der Waals surface area contributed by atoms with E-state index in [0.717, 1.165) is 4.90 Å². The third-order valence-corrected chi connectivity index (χ3v) is 1.81. The van der Waals surface area contributed by atoms with Crippen LogP contribution in [0.5, 0.6) is 0 Å². The summed E-state index contributed by atoms with van der Waals surface area (Å²) >= 11 is 0. The van der Waals surface area contributed by atoms with E-state index in [1.54, 1.807) is 0 Å². The lowest BCUT2D eigenvalue weighted by Crippen LogP contribution is -2.31. The summed E-state index contributed by atoms with van der Waals surface area (Å²) in [4.78, 5) is 33.7. The van der Waals surface area contributed by atoms with E-state index in [4.69, 9.17) is 0 Å². The van der Waals surface area contributed by atoms with E-state index >= 15 is 0 Å². The summed E-state index contributed by atoms with van der Waals surface area (Å²) in [5, 5.41) is 0. The number of hydrogen-bond acceptors (Lipinski definition) is 3. The first-order chi connectivity index (χ1) is 6.11. The van der Waals surface area contributed by atoms with E-state index in [1.165, 1.54) is 19.1 Å². The molecule has 0 spiro atoms. The Hall–Kier alpha value is -1.45. The van der Waals surface area contributed by atoms with Gasteiger partial charge in [0.05, 0.1) is 0 Å². The van der Waals surface area contributed by atoms with Crippen LogP contribution in [0.2, 0.25) is 0 Å². The van der Waals surface area contributed by atoms with Crippen molar-refractivity contribution in [3.8, 4) is 0 Å². The number of carbonyl (C=O) groups is 3. The first-order valence-electron chi connectivity index (χ1n) is 4.14. The minimum Gasteiger partial charge on any atom is -0.300 e. The number of carbonyl (C=O) groups excluding carboxylic acids is 3. The standard InChI is InChI=1S/C9H11NO3/c1-7(11)3-2-6-10-8(12)4-5-9(10)13/h4-5H,2-3,6H2,1H3. The molecule has 13 heavy (non-hydrogen) atoms. The molecule has 0 bridgehead atoms. The van der Waals surface area contributed by atoms with E-state index < -0.39 is 0 Å². The quantitative estimate of drug-likeness (QED) is 0.585. The number of nitrogens with zero attached hydrogens (tertiary/aromatic N) is 1. The average molecular weight is 181 g/mol. The molecule has 0 aromatic rings. The van der Waals surface area contributed by atoms with Crippen LogP contribution in [0.4, 0.5) is 0 Å². The first kappa shape index (κ1) is 9.64. The summed E-state index contributed by atoms with van der Waals surface area (Å²) in [6.45, 7) is 1.83. The van der Waals surface area contributed by atoms with E-state index in [1.807, 2.05) is 0 Å². The Morgan fingerprint density at radius 3 is 2.31 bits per heavy atom. The summed E-state index contributed by atoms with van der Waals surface area (Å²) in [5.41, 5.74) is 0. The SMILES string of the molecule is CC(=O)CCCN1C(=O)C=CC1=O. The van der Waals surface area contributed by atoms with Crippen LogP contribution >= 0.6 is 0 Å². The molecule has 1 rings (SSSR count). The molecule has 4 heteroatoms. The van der Waals surface area contributed by atoms with E-state index in [9.17, 15) is 14.4 Å². The van der Waals surface area contributed by atoms with E-state index in [-0.39, 0.29) is 17.6 Å².